The van der Waals surface area contributed by atoms with E-state index in [1.807, 2.05) is 31.1 Å². The van der Waals surface area contributed by atoms with Crippen LogP contribution in [0.4, 0.5) is 5.13 Å². The molecule has 0 aromatic carbocycles. The van der Waals surface area contributed by atoms with E-state index < -0.39 is 5.41 Å². The normalized spacial score (nSPS) is 18.8. The predicted molar refractivity (Wildman–Crippen MR) is 90.2 cm³/mol. The van der Waals surface area contributed by atoms with E-state index in [2.05, 4.69) is 10.3 Å². The van der Waals surface area contributed by atoms with Crippen LogP contribution in [0.3, 0.4) is 0 Å². The Kier molecular flexibility index (Phi) is 5.75. The highest BCUT2D eigenvalue weighted by molar-refractivity contribution is 7.13. The third kappa shape index (κ3) is 4.75. The Balaban J connectivity index is 1.95. The molecule has 7 heteroatoms. The largest absolute Gasteiger partial charge is 0.378 e. The number of carbonyl (C=O) groups is 2. The van der Waals surface area contributed by atoms with Gasteiger partial charge >= 0.3 is 0 Å². The molecule has 0 aliphatic carbocycles. The lowest BCUT2D eigenvalue weighted by Crippen LogP contribution is -2.47. The average Bonchev–Trinajstić information content (AvgIpc) is 2.93. The molecule has 23 heavy (non-hydrogen) atoms. The number of carbonyl (C=O) groups excluding carboxylic acids is 2. The SMILES string of the molecule is COCc1csc(NC(=O)C2CCCN(C(=O)C(C)(C)C)C2)n1. The molecular weight excluding hydrogens is 314 g/mol. The minimum absolute atomic E-state index is 0.0604. The lowest BCUT2D eigenvalue weighted by atomic mass is 9.91. The topological polar surface area (TPSA) is 71.5 Å². The minimum atomic E-state index is -0.414. The fourth-order valence-electron chi connectivity index (χ4n) is 2.64. The highest BCUT2D eigenvalue weighted by atomic mass is 32.1. The van der Waals surface area contributed by atoms with Crippen molar-refractivity contribution >= 4 is 28.3 Å². The molecule has 1 aromatic heterocycles. The van der Waals surface area contributed by atoms with Crippen LogP contribution in [-0.2, 0) is 20.9 Å². The molecule has 0 spiro atoms. The molecule has 1 unspecified atom stereocenters. The quantitative estimate of drug-likeness (QED) is 0.915. The summed E-state index contributed by atoms with van der Waals surface area (Å²) in [5.74, 6) is -0.133. The Morgan fingerprint density at radius 1 is 1.48 bits per heavy atom. The van der Waals surface area contributed by atoms with Gasteiger partial charge in [0.1, 0.15) is 0 Å². The van der Waals surface area contributed by atoms with Crippen LogP contribution >= 0.6 is 11.3 Å². The molecule has 2 heterocycles. The molecule has 2 amide bonds. The maximum atomic E-state index is 12.4. The molecule has 6 nitrogen and oxygen atoms in total. The van der Waals surface area contributed by atoms with Gasteiger partial charge in [-0.05, 0) is 12.8 Å². The highest BCUT2D eigenvalue weighted by Gasteiger charge is 2.33. The van der Waals surface area contributed by atoms with Gasteiger partial charge < -0.3 is 15.0 Å². The Labute approximate surface area is 141 Å². The lowest BCUT2D eigenvalue weighted by molar-refractivity contribution is -0.142. The van der Waals surface area contributed by atoms with Crippen LogP contribution in [0, 0.1) is 11.3 Å². The standard InChI is InChI=1S/C16H25N3O3S/c1-16(2,3)14(21)19-7-5-6-11(8-19)13(20)18-15-17-12(9-22-4)10-23-15/h10-11H,5-9H2,1-4H3,(H,17,18,20). The van der Waals surface area contributed by atoms with Crippen molar-refractivity contribution in [1.82, 2.24) is 9.88 Å². The maximum absolute atomic E-state index is 12.4. The molecule has 1 atom stereocenters. The number of likely N-dealkylation sites (tertiary alicyclic amines) is 1. The van der Waals surface area contributed by atoms with Gasteiger partial charge in [-0.3, -0.25) is 9.59 Å². The Morgan fingerprint density at radius 3 is 2.87 bits per heavy atom. The Bertz CT molecular complexity index is 565. The first-order chi connectivity index (χ1) is 10.8. The van der Waals surface area contributed by atoms with Crippen LogP contribution in [0.5, 0.6) is 0 Å². The van der Waals surface area contributed by atoms with Gasteiger partial charge in [-0.2, -0.15) is 0 Å². The number of nitrogens with zero attached hydrogens (tertiary/aromatic N) is 2. The number of methoxy groups -OCH3 is 1. The summed E-state index contributed by atoms with van der Waals surface area (Å²) >= 11 is 1.39. The summed E-state index contributed by atoms with van der Waals surface area (Å²) < 4.78 is 5.02. The van der Waals surface area contributed by atoms with Crippen molar-refractivity contribution in [2.75, 3.05) is 25.5 Å². The second-order valence-corrected chi connectivity index (χ2v) is 7.76. The number of rotatable bonds is 4. The zero-order chi connectivity index (χ0) is 17.0. The zero-order valence-electron chi connectivity index (χ0n) is 14.2. The van der Waals surface area contributed by atoms with Crippen molar-refractivity contribution in [3.05, 3.63) is 11.1 Å². The summed E-state index contributed by atoms with van der Waals surface area (Å²) in [6.07, 6.45) is 1.66. The summed E-state index contributed by atoms with van der Waals surface area (Å²) in [6.45, 7) is 7.38. The summed E-state index contributed by atoms with van der Waals surface area (Å²) in [4.78, 5) is 31.0. The van der Waals surface area contributed by atoms with E-state index in [4.69, 9.17) is 4.74 Å². The second-order valence-electron chi connectivity index (χ2n) is 6.91. The third-order valence-corrected chi connectivity index (χ3v) is 4.60. The summed E-state index contributed by atoms with van der Waals surface area (Å²) in [7, 11) is 1.61. The first-order valence-corrected chi connectivity index (χ1v) is 8.73. The smallest absolute Gasteiger partial charge is 0.231 e. The lowest BCUT2D eigenvalue weighted by Gasteiger charge is -2.35. The van der Waals surface area contributed by atoms with Crippen molar-refractivity contribution < 1.29 is 14.3 Å². The van der Waals surface area contributed by atoms with E-state index in [0.717, 1.165) is 25.1 Å². The van der Waals surface area contributed by atoms with Gasteiger partial charge in [-0.1, -0.05) is 20.8 Å². The van der Waals surface area contributed by atoms with Crippen molar-refractivity contribution in [3.63, 3.8) is 0 Å². The van der Waals surface area contributed by atoms with Crippen LogP contribution in [0.15, 0.2) is 5.38 Å². The number of hydrogen-bond donors (Lipinski definition) is 1. The van der Waals surface area contributed by atoms with E-state index in [1.54, 1.807) is 7.11 Å². The molecule has 1 fully saturated rings. The van der Waals surface area contributed by atoms with Gasteiger partial charge in [-0.15, -0.1) is 11.3 Å². The summed E-state index contributed by atoms with van der Waals surface area (Å²) in [6, 6.07) is 0. The molecule has 0 radical (unpaired) electrons. The molecule has 0 bridgehead atoms. The van der Waals surface area contributed by atoms with Crippen molar-refractivity contribution in [2.45, 2.75) is 40.2 Å². The molecular formula is C16H25N3O3S. The van der Waals surface area contributed by atoms with E-state index >= 15 is 0 Å². The van der Waals surface area contributed by atoms with Crippen LogP contribution in [0.1, 0.15) is 39.3 Å². The molecule has 1 aliphatic rings. The monoisotopic (exact) mass is 339 g/mol. The molecule has 1 N–H and O–H groups in total. The van der Waals surface area contributed by atoms with Crippen LogP contribution in [-0.4, -0.2) is 41.9 Å². The van der Waals surface area contributed by atoms with Gasteiger partial charge in [0.2, 0.25) is 11.8 Å². The first kappa shape index (κ1) is 17.9. The number of anilines is 1. The maximum Gasteiger partial charge on any atom is 0.231 e. The number of amides is 2. The van der Waals surface area contributed by atoms with E-state index in [-0.39, 0.29) is 17.7 Å². The molecule has 128 valence electrons. The zero-order valence-corrected chi connectivity index (χ0v) is 15.0. The molecule has 2 rings (SSSR count). The van der Waals surface area contributed by atoms with Crippen molar-refractivity contribution in [1.29, 1.82) is 0 Å². The van der Waals surface area contributed by atoms with E-state index in [9.17, 15) is 9.59 Å². The van der Waals surface area contributed by atoms with Gasteiger partial charge in [0, 0.05) is 31.0 Å². The van der Waals surface area contributed by atoms with Gasteiger partial charge in [-0.25, -0.2) is 4.98 Å². The number of aromatic nitrogens is 1. The number of piperidine rings is 1. The number of nitrogens with one attached hydrogen (secondary N) is 1. The molecule has 1 aromatic rings. The Morgan fingerprint density at radius 2 is 2.22 bits per heavy atom. The summed E-state index contributed by atoms with van der Waals surface area (Å²) in [5.41, 5.74) is 0.393. The fourth-order valence-corrected chi connectivity index (χ4v) is 3.33. The van der Waals surface area contributed by atoms with Crippen LogP contribution < -0.4 is 5.32 Å². The van der Waals surface area contributed by atoms with Gasteiger partial charge in [0.15, 0.2) is 5.13 Å². The molecule has 1 saturated heterocycles. The van der Waals surface area contributed by atoms with Crippen LogP contribution in [0.25, 0.3) is 0 Å². The average molecular weight is 339 g/mol. The second kappa shape index (κ2) is 7.40. The van der Waals surface area contributed by atoms with E-state index in [0.29, 0.717) is 18.3 Å². The minimum Gasteiger partial charge on any atom is -0.378 e. The van der Waals surface area contributed by atoms with Gasteiger partial charge in [0.05, 0.1) is 18.2 Å². The number of hydrogen-bond acceptors (Lipinski definition) is 5. The molecule has 1 aliphatic heterocycles. The third-order valence-electron chi connectivity index (χ3n) is 3.80. The van der Waals surface area contributed by atoms with Crippen molar-refractivity contribution in [2.24, 2.45) is 11.3 Å². The van der Waals surface area contributed by atoms with Crippen LogP contribution in [0.2, 0.25) is 0 Å². The Hall–Kier alpha value is -1.47. The van der Waals surface area contributed by atoms with Gasteiger partial charge in [0.25, 0.3) is 0 Å². The molecule has 0 saturated carbocycles. The number of ether oxygens (including phenoxy) is 1. The van der Waals surface area contributed by atoms with E-state index in [1.165, 1.54) is 11.3 Å². The number of thiazole rings is 1. The van der Waals surface area contributed by atoms with Crippen molar-refractivity contribution in [3.8, 4) is 0 Å². The predicted octanol–water partition coefficient (Wildman–Crippen LogP) is 2.51. The first-order valence-electron chi connectivity index (χ1n) is 7.85. The highest BCUT2D eigenvalue weighted by Crippen LogP contribution is 2.25. The fraction of sp³-hybridized carbons (Fsp3) is 0.688. The summed E-state index contributed by atoms with van der Waals surface area (Å²) in [5, 5.41) is 5.32.